The number of nitrogens with zero attached hydrogens (tertiary/aromatic N) is 3. The average Bonchev–Trinajstić information content (AvgIpc) is 2.31. The van der Waals surface area contributed by atoms with Crippen LogP contribution in [-0.2, 0) is 13.5 Å². The Hall–Kier alpha value is -0.990. The Balaban J connectivity index is 2.43. The first-order chi connectivity index (χ1) is 5.27. The maximum absolute atomic E-state index is 4.38. The molecule has 0 amide bonds. The Morgan fingerprint density at radius 3 is 3.00 bits per heavy atom. The lowest BCUT2D eigenvalue weighted by molar-refractivity contribution is 0.702. The Labute approximate surface area is 66.6 Å². The molecular weight excluding hydrogens is 138 g/mol. The Morgan fingerprint density at radius 1 is 1.45 bits per heavy atom. The van der Waals surface area contributed by atoms with Crippen LogP contribution in [0.25, 0.3) is 0 Å². The maximum atomic E-state index is 4.38. The third-order valence-electron chi connectivity index (χ3n) is 2.20. The molecule has 0 saturated heterocycles. The van der Waals surface area contributed by atoms with Crippen LogP contribution in [-0.4, -0.2) is 23.4 Å². The van der Waals surface area contributed by atoms with E-state index in [1.165, 1.54) is 24.3 Å². The molecule has 60 valence electrons. The molecule has 0 spiro atoms. The molecule has 0 aromatic carbocycles. The quantitative estimate of drug-likeness (QED) is 0.547. The lowest BCUT2D eigenvalue weighted by Crippen LogP contribution is -2.23. The molecule has 0 N–H and O–H groups in total. The Morgan fingerprint density at radius 2 is 2.27 bits per heavy atom. The standard InChI is InChI=1S/C8H13N3/c1-10-5-3-4-7-8(10)6-11(2)9-7/h6H,3-5H2,1-2H3. The van der Waals surface area contributed by atoms with Crippen molar-refractivity contribution in [1.82, 2.24) is 9.78 Å². The number of hydrogen-bond donors (Lipinski definition) is 0. The summed E-state index contributed by atoms with van der Waals surface area (Å²) >= 11 is 0. The van der Waals surface area contributed by atoms with Gasteiger partial charge in [0.15, 0.2) is 0 Å². The molecular formula is C8H13N3. The second-order valence-electron chi connectivity index (χ2n) is 3.16. The van der Waals surface area contributed by atoms with Crippen molar-refractivity contribution in [3.8, 4) is 0 Å². The summed E-state index contributed by atoms with van der Waals surface area (Å²) in [7, 11) is 4.10. The molecule has 0 unspecified atom stereocenters. The van der Waals surface area contributed by atoms with Crippen molar-refractivity contribution in [1.29, 1.82) is 0 Å². The number of hydrogen-bond acceptors (Lipinski definition) is 2. The van der Waals surface area contributed by atoms with Gasteiger partial charge in [0.2, 0.25) is 0 Å². The molecule has 0 bridgehead atoms. The molecule has 2 heterocycles. The Kier molecular flexibility index (Phi) is 1.37. The third kappa shape index (κ3) is 1.00. The van der Waals surface area contributed by atoms with E-state index in [4.69, 9.17) is 0 Å². The van der Waals surface area contributed by atoms with Gasteiger partial charge < -0.3 is 4.90 Å². The van der Waals surface area contributed by atoms with Crippen molar-refractivity contribution in [2.75, 3.05) is 18.5 Å². The van der Waals surface area contributed by atoms with Crippen molar-refractivity contribution < 1.29 is 0 Å². The van der Waals surface area contributed by atoms with E-state index in [9.17, 15) is 0 Å². The van der Waals surface area contributed by atoms with Crippen molar-refractivity contribution >= 4 is 5.69 Å². The predicted molar refractivity (Wildman–Crippen MR) is 44.8 cm³/mol. The Bertz CT molecular complexity index is 264. The minimum absolute atomic E-state index is 1.14. The third-order valence-corrected chi connectivity index (χ3v) is 2.20. The van der Waals surface area contributed by atoms with Crippen LogP contribution in [0.15, 0.2) is 6.20 Å². The molecule has 0 saturated carbocycles. The highest BCUT2D eigenvalue weighted by Crippen LogP contribution is 2.23. The molecule has 0 radical (unpaired) electrons. The summed E-state index contributed by atoms with van der Waals surface area (Å²) in [5, 5.41) is 4.38. The van der Waals surface area contributed by atoms with Gasteiger partial charge in [-0.15, -0.1) is 0 Å². The van der Waals surface area contributed by atoms with Gasteiger partial charge in [0.25, 0.3) is 0 Å². The van der Waals surface area contributed by atoms with Crippen LogP contribution in [0.5, 0.6) is 0 Å². The average molecular weight is 151 g/mol. The fourth-order valence-corrected chi connectivity index (χ4v) is 1.62. The summed E-state index contributed by atoms with van der Waals surface area (Å²) in [6.45, 7) is 1.17. The first-order valence-corrected chi connectivity index (χ1v) is 4.01. The zero-order chi connectivity index (χ0) is 7.84. The summed E-state index contributed by atoms with van der Waals surface area (Å²) in [5.41, 5.74) is 2.56. The topological polar surface area (TPSA) is 21.1 Å². The highest BCUT2D eigenvalue weighted by atomic mass is 15.3. The number of aryl methyl sites for hydroxylation is 2. The van der Waals surface area contributed by atoms with Gasteiger partial charge in [0.1, 0.15) is 0 Å². The maximum Gasteiger partial charge on any atom is 0.0858 e. The zero-order valence-corrected chi connectivity index (χ0v) is 7.04. The summed E-state index contributed by atoms with van der Waals surface area (Å²) in [6.07, 6.45) is 4.47. The molecule has 1 aromatic heterocycles. The number of anilines is 1. The highest BCUT2D eigenvalue weighted by Gasteiger charge is 2.15. The van der Waals surface area contributed by atoms with Gasteiger partial charge in [-0.25, -0.2) is 0 Å². The first-order valence-electron chi connectivity index (χ1n) is 4.01. The van der Waals surface area contributed by atoms with Crippen LogP contribution in [0.4, 0.5) is 5.69 Å². The summed E-state index contributed by atoms with van der Waals surface area (Å²) in [4.78, 5) is 2.27. The van der Waals surface area contributed by atoms with Crippen LogP contribution in [0.2, 0.25) is 0 Å². The number of aromatic nitrogens is 2. The summed E-state index contributed by atoms with van der Waals surface area (Å²) < 4.78 is 1.90. The molecule has 0 fully saturated rings. The van der Waals surface area contributed by atoms with Gasteiger partial charge in [-0.1, -0.05) is 0 Å². The normalized spacial score (nSPS) is 16.7. The van der Waals surface area contributed by atoms with Crippen LogP contribution in [0.1, 0.15) is 12.1 Å². The van der Waals surface area contributed by atoms with E-state index in [0.717, 1.165) is 6.42 Å². The summed E-state index contributed by atoms with van der Waals surface area (Å²) in [5.74, 6) is 0. The molecule has 3 heteroatoms. The van der Waals surface area contributed by atoms with Crippen LogP contribution < -0.4 is 4.90 Å². The smallest absolute Gasteiger partial charge is 0.0858 e. The fourth-order valence-electron chi connectivity index (χ4n) is 1.62. The van der Waals surface area contributed by atoms with E-state index >= 15 is 0 Å². The minimum Gasteiger partial charge on any atom is -0.372 e. The van der Waals surface area contributed by atoms with E-state index in [2.05, 4.69) is 23.2 Å². The molecule has 0 atom stereocenters. The lowest BCUT2D eigenvalue weighted by atomic mass is 10.1. The highest BCUT2D eigenvalue weighted by molar-refractivity contribution is 5.50. The molecule has 2 rings (SSSR count). The van der Waals surface area contributed by atoms with Crippen LogP contribution >= 0.6 is 0 Å². The molecule has 1 aliphatic heterocycles. The largest absolute Gasteiger partial charge is 0.372 e. The second-order valence-corrected chi connectivity index (χ2v) is 3.16. The number of fused-ring (bicyclic) bond motifs is 1. The van der Waals surface area contributed by atoms with E-state index in [0.29, 0.717) is 0 Å². The van der Waals surface area contributed by atoms with E-state index < -0.39 is 0 Å². The van der Waals surface area contributed by atoms with Crippen molar-refractivity contribution in [2.45, 2.75) is 12.8 Å². The number of rotatable bonds is 0. The molecule has 11 heavy (non-hydrogen) atoms. The van der Waals surface area contributed by atoms with E-state index in [1.807, 2.05) is 11.7 Å². The predicted octanol–water partition coefficient (Wildman–Crippen LogP) is 0.802. The summed E-state index contributed by atoms with van der Waals surface area (Å²) in [6, 6.07) is 0. The van der Waals surface area contributed by atoms with Gasteiger partial charge in [0.05, 0.1) is 11.4 Å². The molecule has 1 aliphatic rings. The monoisotopic (exact) mass is 151 g/mol. The molecule has 3 nitrogen and oxygen atoms in total. The van der Waals surface area contributed by atoms with E-state index in [-0.39, 0.29) is 0 Å². The van der Waals surface area contributed by atoms with Gasteiger partial charge in [-0.3, -0.25) is 4.68 Å². The van der Waals surface area contributed by atoms with Gasteiger partial charge >= 0.3 is 0 Å². The minimum atomic E-state index is 1.14. The van der Waals surface area contributed by atoms with Gasteiger partial charge in [-0.2, -0.15) is 5.10 Å². The van der Waals surface area contributed by atoms with Gasteiger partial charge in [0, 0.05) is 26.8 Å². The van der Waals surface area contributed by atoms with Gasteiger partial charge in [-0.05, 0) is 12.8 Å². The van der Waals surface area contributed by atoms with Crippen molar-refractivity contribution in [3.05, 3.63) is 11.9 Å². The lowest BCUT2D eigenvalue weighted by Gasteiger charge is -2.22. The van der Waals surface area contributed by atoms with Crippen molar-refractivity contribution in [2.24, 2.45) is 7.05 Å². The zero-order valence-electron chi connectivity index (χ0n) is 7.04. The second kappa shape index (κ2) is 2.26. The fraction of sp³-hybridized carbons (Fsp3) is 0.625. The molecule has 0 aliphatic carbocycles. The molecule has 1 aromatic rings. The first kappa shape index (κ1) is 6.70. The SMILES string of the molecule is CN1CCCc2nn(C)cc21. The van der Waals surface area contributed by atoms with E-state index in [1.54, 1.807) is 0 Å². The van der Waals surface area contributed by atoms with Crippen LogP contribution in [0, 0.1) is 0 Å². The van der Waals surface area contributed by atoms with Crippen LogP contribution in [0.3, 0.4) is 0 Å². The van der Waals surface area contributed by atoms with Crippen molar-refractivity contribution in [3.63, 3.8) is 0 Å².